The first-order valence-corrected chi connectivity index (χ1v) is 7.11. The van der Waals surface area contributed by atoms with Gasteiger partial charge in [-0.25, -0.2) is 0 Å². The Labute approximate surface area is 119 Å². The number of hydrogen-bond acceptors (Lipinski definition) is 2. The number of nitrogens with one attached hydrogen (secondary N) is 1. The fraction of sp³-hybridized carbons (Fsp3) is 0.500. The molecule has 4 heteroatoms. The summed E-state index contributed by atoms with van der Waals surface area (Å²) in [4.78, 5) is 22.7. The zero-order valence-electron chi connectivity index (χ0n) is 11.8. The number of aliphatic carboxylic acids is 1. The molecule has 20 heavy (non-hydrogen) atoms. The normalized spacial score (nSPS) is 15.7. The summed E-state index contributed by atoms with van der Waals surface area (Å²) >= 11 is 0. The lowest BCUT2D eigenvalue weighted by Gasteiger charge is -2.16. The minimum Gasteiger partial charge on any atom is -0.481 e. The number of hydrogen-bond donors (Lipinski definition) is 2. The molecule has 2 rings (SSSR count). The molecule has 0 saturated heterocycles. The quantitative estimate of drug-likeness (QED) is 0.802. The Bertz CT molecular complexity index is 494. The van der Waals surface area contributed by atoms with E-state index in [1.54, 1.807) is 0 Å². The van der Waals surface area contributed by atoms with Gasteiger partial charge in [0.25, 0.3) is 0 Å². The van der Waals surface area contributed by atoms with Gasteiger partial charge in [-0.3, -0.25) is 9.59 Å². The van der Waals surface area contributed by atoms with Crippen molar-refractivity contribution in [2.75, 3.05) is 0 Å². The average Bonchev–Trinajstić information content (AvgIpc) is 3.19. The van der Waals surface area contributed by atoms with E-state index in [1.807, 2.05) is 25.1 Å². The molecule has 2 N–H and O–H groups in total. The van der Waals surface area contributed by atoms with Crippen LogP contribution in [0.2, 0.25) is 0 Å². The van der Waals surface area contributed by atoms with Crippen molar-refractivity contribution < 1.29 is 14.7 Å². The molecule has 0 spiro atoms. The number of benzene rings is 1. The van der Waals surface area contributed by atoms with Crippen molar-refractivity contribution in [2.45, 2.75) is 45.1 Å². The van der Waals surface area contributed by atoms with Gasteiger partial charge in [0.15, 0.2) is 0 Å². The summed E-state index contributed by atoms with van der Waals surface area (Å²) in [6.07, 6.45) is 3.18. The topological polar surface area (TPSA) is 66.4 Å². The van der Waals surface area contributed by atoms with E-state index in [9.17, 15) is 9.59 Å². The minimum absolute atomic E-state index is 0.0286. The van der Waals surface area contributed by atoms with Crippen LogP contribution in [0.15, 0.2) is 24.3 Å². The maximum absolute atomic E-state index is 11.9. The molecule has 108 valence electrons. The maximum atomic E-state index is 11.9. The number of aryl methyl sites for hydroxylation is 2. The number of rotatable bonds is 7. The first kappa shape index (κ1) is 14.6. The Morgan fingerprint density at radius 2 is 2.15 bits per heavy atom. The molecule has 1 saturated carbocycles. The standard InChI is InChI=1S/C16H21NO3/c1-11-3-2-4-12(9-11)5-8-15(18)17-14(10-16(19)20)13-6-7-13/h2-4,9,13-14H,5-8,10H2,1H3,(H,17,18)(H,19,20). The predicted octanol–water partition coefficient (Wildman–Crippen LogP) is 2.30. The summed E-state index contributed by atoms with van der Waals surface area (Å²) in [6.45, 7) is 2.03. The van der Waals surface area contributed by atoms with E-state index in [0.717, 1.165) is 18.4 Å². The zero-order chi connectivity index (χ0) is 14.5. The first-order valence-electron chi connectivity index (χ1n) is 7.11. The van der Waals surface area contributed by atoms with Crippen molar-refractivity contribution in [1.29, 1.82) is 0 Å². The summed E-state index contributed by atoms with van der Waals surface area (Å²) in [5.41, 5.74) is 2.32. The van der Waals surface area contributed by atoms with Gasteiger partial charge in [0.05, 0.1) is 6.42 Å². The summed E-state index contributed by atoms with van der Waals surface area (Å²) in [6, 6.07) is 7.90. The van der Waals surface area contributed by atoms with Crippen LogP contribution in [0.25, 0.3) is 0 Å². The molecule has 1 unspecified atom stereocenters. The molecule has 0 bridgehead atoms. The highest BCUT2D eigenvalue weighted by molar-refractivity contribution is 5.77. The molecule has 1 aromatic carbocycles. The SMILES string of the molecule is Cc1cccc(CCC(=O)NC(CC(=O)O)C2CC2)c1. The molecule has 0 aromatic heterocycles. The third-order valence-electron chi connectivity index (χ3n) is 3.66. The Hall–Kier alpha value is -1.84. The van der Waals surface area contributed by atoms with E-state index >= 15 is 0 Å². The van der Waals surface area contributed by atoms with E-state index in [1.165, 1.54) is 5.56 Å². The van der Waals surface area contributed by atoms with Gasteiger partial charge < -0.3 is 10.4 Å². The molecule has 1 aliphatic carbocycles. The van der Waals surface area contributed by atoms with Gasteiger partial charge in [-0.15, -0.1) is 0 Å². The van der Waals surface area contributed by atoms with Crippen LogP contribution in [-0.2, 0) is 16.0 Å². The van der Waals surface area contributed by atoms with Crippen LogP contribution in [0.4, 0.5) is 0 Å². The van der Waals surface area contributed by atoms with Crippen LogP contribution in [0.1, 0.15) is 36.8 Å². The average molecular weight is 275 g/mol. The van der Waals surface area contributed by atoms with Gasteiger partial charge in [-0.1, -0.05) is 29.8 Å². The second kappa shape index (κ2) is 6.55. The van der Waals surface area contributed by atoms with Gasteiger partial charge in [-0.2, -0.15) is 0 Å². The van der Waals surface area contributed by atoms with Crippen LogP contribution in [0.5, 0.6) is 0 Å². The Morgan fingerprint density at radius 3 is 2.75 bits per heavy atom. The number of amides is 1. The monoisotopic (exact) mass is 275 g/mol. The molecule has 4 nitrogen and oxygen atoms in total. The van der Waals surface area contributed by atoms with Crippen LogP contribution in [0.3, 0.4) is 0 Å². The Morgan fingerprint density at radius 1 is 1.40 bits per heavy atom. The summed E-state index contributed by atoms with van der Waals surface area (Å²) < 4.78 is 0. The van der Waals surface area contributed by atoms with Gasteiger partial charge in [-0.05, 0) is 37.7 Å². The lowest BCUT2D eigenvalue weighted by Crippen LogP contribution is -2.38. The van der Waals surface area contributed by atoms with E-state index in [0.29, 0.717) is 18.8 Å². The van der Waals surface area contributed by atoms with E-state index < -0.39 is 5.97 Å². The Balaban J connectivity index is 1.80. The van der Waals surface area contributed by atoms with Crippen LogP contribution in [0, 0.1) is 12.8 Å². The van der Waals surface area contributed by atoms with Gasteiger partial charge in [0.2, 0.25) is 5.91 Å². The van der Waals surface area contributed by atoms with Crippen LogP contribution < -0.4 is 5.32 Å². The summed E-state index contributed by atoms with van der Waals surface area (Å²) in [5, 5.41) is 11.7. The third-order valence-corrected chi connectivity index (χ3v) is 3.66. The third kappa shape index (κ3) is 4.68. The van der Waals surface area contributed by atoms with E-state index in [-0.39, 0.29) is 18.4 Å². The molecule has 0 heterocycles. The van der Waals surface area contributed by atoms with Gasteiger partial charge >= 0.3 is 5.97 Å². The molecule has 1 fully saturated rings. The fourth-order valence-corrected chi connectivity index (χ4v) is 2.43. The first-order chi connectivity index (χ1) is 9.54. The van der Waals surface area contributed by atoms with Gasteiger partial charge in [0.1, 0.15) is 0 Å². The molecule has 0 radical (unpaired) electrons. The predicted molar refractivity (Wildman–Crippen MR) is 76.4 cm³/mol. The van der Waals surface area contributed by atoms with E-state index in [4.69, 9.17) is 5.11 Å². The molecule has 1 amide bonds. The molecule has 0 aliphatic heterocycles. The molecule has 1 aromatic rings. The number of carbonyl (C=O) groups is 2. The van der Waals surface area contributed by atoms with Crippen molar-refractivity contribution in [3.63, 3.8) is 0 Å². The number of carboxylic acids is 1. The largest absolute Gasteiger partial charge is 0.481 e. The fourth-order valence-electron chi connectivity index (χ4n) is 2.43. The van der Waals surface area contributed by atoms with Crippen molar-refractivity contribution >= 4 is 11.9 Å². The van der Waals surface area contributed by atoms with E-state index in [2.05, 4.69) is 11.4 Å². The molecular weight excluding hydrogens is 254 g/mol. The number of carbonyl (C=O) groups excluding carboxylic acids is 1. The van der Waals surface area contributed by atoms with Crippen LogP contribution >= 0.6 is 0 Å². The van der Waals surface area contributed by atoms with Gasteiger partial charge in [0, 0.05) is 12.5 Å². The zero-order valence-corrected chi connectivity index (χ0v) is 11.8. The highest BCUT2D eigenvalue weighted by atomic mass is 16.4. The molecule has 1 aliphatic rings. The summed E-state index contributed by atoms with van der Waals surface area (Å²) in [5.74, 6) is -0.542. The highest BCUT2D eigenvalue weighted by Gasteiger charge is 2.33. The molecule has 1 atom stereocenters. The van der Waals surface area contributed by atoms with Crippen LogP contribution in [-0.4, -0.2) is 23.0 Å². The van der Waals surface area contributed by atoms with Crippen molar-refractivity contribution in [3.05, 3.63) is 35.4 Å². The van der Waals surface area contributed by atoms with Crippen molar-refractivity contribution in [3.8, 4) is 0 Å². The second-order valence-corrected chi connectivity index (χ2v) is 5.60. The lowest BCUT2D eigenvalue weighted by atomic mass is 10.1. The second-order valence-electron chi connectivity index (χ2n) is 5.60. The molecular formula is C16H21NO3. The maximum Gasteiger partial charge on any atom is 0.305 e. The summed E-state index contributed by atoms with van der Waals surface area (Å²) in [7, 11) is 0. The number of carboxylic acid groups (broad SMARTS) is 1. The minimum atomic E-state index is -0.846. The Kier molecular flexibility index (Phi) is 4.77. The van der Waals surface area contributed by atoms with Crippen molar-refractivity contribution in [2.24, 2.45) is 5.92 Å². The lowest BCUT2D eigenvalue weighted by molar-refractivity contribution is -0.137. The smallest absolute Gasteiger partial charge is 0.305 e. The van der Waals surface area contributed by atoms with Crippen molar-refractivity contribution in [1.82, 2.24) is 5.32 Å². The highest BCUT2D eigenvalue weighted by Crippen LogP contribution is 2.34.